The summed E-state index contributed by atoms with van der Waals surface area (Å²) in [5.41, 5.74) is 0.619. The molecule has 0 radical (unpaired) electrons. The molecule has 4 nitrogen and oxygen atoms in total. The van der Waals surface area contributed by atoms with Gasteiger partial charge in [0.1, 0.15) is 5.75 Å². The van der Waals surface area contributed by atoms with Crippen molar-refractivity contribution >= 4 is 33.2 Å². The second-order valence-electron chi connectivity index (χ2n) is 4.28. The number of methoxy groups -OCH3 is 1. The van der Waals surface area contributed by atoms with E-state index in [-0.39, 0.29) is 18.2 Å². The van der Waals surface area contributed by atoms with E-state index in [4.69, 9.17) is 27.9 Å². The van der Waals surface area contributed by atoms with Crippen molar-refractivity contribution in [3.05, 3.63) is 28.8 Å². The molecule has 0 spiro atoms. The predicted octanol–water partition coefficient (Wildman–Crippen LogP) is 2.64. The zero-order chi connectivity index (χ0) is 14.5. The number of benzene rings is 1. The summed E-state index contributed by atoms with van der Waals surface area (Å²) in [6.07, 6.45) is 0. The molecule has 1 aromatic rings. The predicted molar refractivity (Wildman–Crippen MR) is 78.5 cm³/mol. The Morgan fingerprint density at radius 1 is 1.42 bits per heavy atom. The average molecular weight is 326 g/mol. The fourth-order valence-corrected chi connectivity index (χ4v) is 3.38. The Morgan fingerprint density at radius 2 is 2.11 bits per heavy atom. The molecule has 1 N–H and O–H groups in total. The maximum absolute atomic E-state index is 11.8. The normalized spacial score (nSPS) is 13.3. The fraction of sp³-hybridized carbons (Fsp3) is 0.500. The van der Waals surface area contributed by atoms with Gasteiger partial charge < -0.3 is 4.74 Å². The minimum Gasteiger partial charge on any atom is -0.496 e. The first-order valence-electron chi connectivity index (χ1n) is 5.74. The first-order valence-corrected chi connectivity index (χ1v) is 8.30. The molecular weight excluding hydrogens is 309 g/mol. The Balaban J connectivity index is 2.77. The third-order valence-corrected chi connectivity index (χ3v) is 5.00. The van der Waals surface area contributed by atoms with Crippen LogP contribution in [0.25, 0.3) is 0 Å². The SMILES string of the molecule is COc1cccc(Cl)c1CNS(=O)(=O)CC(C)CCl. The third-order valence-electron chi connectivity index (χ3n) is 2.53. The third kappa shape index (κ3) is 5.18. The minimum absolute atomic E-state index is 0.0106. The van der Waals surface area contributed by atoms with Gasteiger partial charge in [-0.1, -0.05) is 24.6 Å². The van der Waals surface area contributed by atoms with Crippen molar-refractivity contribution in [2.75, 3.05) is 18.7 Å². The van der Waals surface area contributed by atoms with Crippen LogP contribution >= 0.6 is 23.2 Å². The number of alkyl halides is 1. The van der Waals surface area contributed by atoms with Gasteiger partial charge >= 0.3 is 0 Å². The minimum atomic E-state index is -3.38. The molecule has 108 valence electrons. The number of rotatable bonds is 7. The van der Waals surface area contributed by atoms with Gasteiger partial charge in [-0.2, -0.15) is 0 Å². The lowest BCUT2D eigenvalue weighted by Crippen LogP contribution is -2.29. The molecule has 0 aliphatic rings. The van der Waals surface area contributed by atoms with Crippen molar-refractivity contribution < 1.29 is 13.2 Å². The lowest BCUT2D eigenvalue weighted by molar-refractivity contribution is 0.409. The first-order chi connectivity index (χ1) is 8.89. The zero-order valence-electron chi connectivity index (χ0n) is 10.8. The van der Waals surface area contributed by atoms with Gasteiger partial charge in [-0.05, 0) is 18.1 Å². The van der Waals surface area contributed by atoms with Crippen LogP contribution in [0.15, 0.2) is 18.2 Å². The van der Waals surface area contributed by atoms with Crippen LogP contribution < -0.4 is 9.46 Å². The molecule has 0 saturated heterocycles. The molecule has 0 aliphatic heterocycles. The van der Waals surface area contributed by atoms with Gasteiger partial charge in [0, 0.05) is 23.0 Å². The highest BCUT2D eigenvalue weighted by Crippen LogP contribution is 2.26. The molecular formula is C12H17Cl2NO3S. The van der Waals surface area contributed by atoms with Gasteiger partial charge in [-0.3, -0.25) is 0 Å². The summed E-state index contributed by atoms with van der Waals surface area (Å²) in [5.74, 6) is 0.743. The van der Waals surface area contributed by atoms with Crippen molar-refractivity contribution in [2.45, 2.75) is 13.5 Å². The highest BCUT2D eigenvalue weighted by molar-refractivity contribution is 7.89. The summed E-state index contributed by atoms with van der Waals surface area (Å²) in [6.45, 7) is 1.88. The molecule has 1 aromatic carbocycles. The molecule has 1 unspecified atom stereocenters. The molecule has 0 aromatic heterocycles. The zero-order valence-corrected chi connectivity index (χ0v) is 13.1. The van der Waals surface area contributed by atoms with Crippen LogP contribution in [0.2, 0.25) is 5.02 Å². The quantitative estimate of drug-likeness (QED) is 0.784. The molecule has 0 saturated carbocycles. The van der Waals surface area contributed by atoms with Crippen molar-refractivity contribution in [1.29, 1.82) is 0 Å². The van der Waals surface area contributed by atoms with E-state index >= 15 is 0 Å². The summed E-state index contributed by atoms with van der Waals surface area (Å²) >= 11 is 11.6. The average Bonchev–Trinajstić information content (AvgIpc) is 2.36. The molecule has 0 bridgehead atoms. The molecule has 1 atom stereocenters. The van der Waals surface area contributed by atoms with Crippen molar-refractivity contribution in [3.63, 3.8) is 0 Å². The van der Waals surface area contributed by atoms with Crippen LogP contribution in [0.5, 0.6) is 5.75 Å². The monoisotopic (exact) mass is 325 g/mol. The van der Waals surface area contributed by atoms with E-state index in [1.807, 2.05) is 0 Å². The Morgan fingerprint density at radius 3 is 2.68 bits per heavy atom. The topological polar surface area (TPSA) is 55.4 Å². The van der Waals surface area contributed by atoms with Gasteiger partial charge in [-0.15, -0.1) is 11.6 Å². The first kappa shape index (κ1) is 16.6. The van der Waals surface area contributed by atoms with Gasteiger partial charge in [0.05, 0.1) is 12.9 Å². The smallest absolute Gasteiger partial charge is 0.212 e. The van der Waals surface area contributed by atoms with Crippen LogP contribution in [-0.2, 0) is 16.6 Å². The standard InChI is InChI=1S/C12H17Cl2NO3S/c1-9(6-13)8-19(16,17)15-7-10-11(14)4-3-5-12(10)18-2/h3-5,9,15H,6-8H2,1-2H3. The summed E-state index contributed by atoms with van der Waals surface area (Å²) in [5, 5.41) is 0.465. The second kappa shape index (κ2) is 7.33. The van der Waals surface area contributed by atoms with E-state index in [1.54, 1.807) is 25.1 Å². The summed E-state index contributed by atoms with van der Waals surface area (Å²) < 4.78 is 31.3. The number of hydrogen-bond donors (Lipinski definition) is 1. The van der Waals surface area contributed by atoms with Crippen LogP contribution in [0.4, 0.5) is 0 Å². The molecule has 19 heavy (non-hydrogen) atoms. The van der Waals surface area contributed by atoms with Gasteiger partial charge in [0.15, 0.2) is 0 Å². The van der Waals surface area contributed by atoms with Crippen LogP contribution in [0.1, 0.15) is 12.5 Å². The number of sulfonamides is 1. The highest BCUT2D eigenvalue weighted by Gasteiger charge is 2.16. The maximum Gasteiger partial charge on any atom is 0.212 e. The van der Waals surface area contributed by atoms with Crippen LogP contribution in [0.3, 0.4) is 0 Å². The van der Waals surface area contributed by atoms with E-state index in [0.29, 0.717) is 22.2 Å². The number of halogens is 2. The van der Waals surface area contributed by atoms with Gasteiger partial charge in [0.25, 0.3) is 0 Å². The molecule has 0 amide bonds. The molecule has 0 heterocycles. The Bertz CT molecular complexity index is 520. The Labute approximate surface area is 124 Å². The largest absolute Gasteiger partial charge is 0.496 e. The fourth-order valence-electron chi connectivity index (χ4n) is 1.56. The van der Waals surface area contributed by atoms with Gasteiger partial charge in [0.2, 0.25) is 10.0 Å². The Hall–Kier alpha value is -0.490. The molecule has 1 rings (SSSR count). The van der Waals surface area contributed by atoms with E-state index in [0.717, 1.165) is 0 Å². The molecule has 7 heteroatoms. The number of nitrogens with one attached hydrogen (secondary N) is 1. The lowest BCUT2D eigenvalue weighted by atomic mass is 10.2. The van der Waals surface area contributed by atoms with Crippen LogP contribution in [0, 0.1) is 5.92 Å². The second-order valence-corrected chi connectivity index (χ2v) is 6.85. The van der Waals surface area contributed by atoms with Crippen molar-refractivity contribution in [2.24, 2.45) is 5.92 Å². The van der Waals surface area contributed by atoms with E-state index in [9.17, 15) is 8.42 Å². The van der Waals surface area contributed by atoms with Crippen molar-refractivity contribution in [3.8, 4) is 5.75 Å². The summed E-state index contributed by atoms with van der Waals surface area (Å²) in [4.78, 5) is 0. The summed E-state index contributed by atoms with van der Waals surface area (Å²) in [6, 6.07) is 5.17. The maximum atomic E-state index is 11.8. The molecule has 0 fully saturated rings. The molecule has 0 aliphatic carbocycles. The lowest BCUT2D eigenvalue weighted by Gasteiger charge is -2.13. The van der Waals surface area contributed by atoms with E-state index in [2.05, 4.69) is 4.72 Å². The Kier molecular flexibility index (Phi) is 6.39. The number of ether oxygens (including phenoxy) is 1. The van der Waals surface area contributed by atoms with E-state index < -0.39 is 10.0 Å². The highest BCUT2D eigenvalue weighted by atomic mass is 35.5. The van der Waals surface area contributed by atoms with Gasteiger partial charge in [-0.25, -0.2) is 13.1 Å². The van der Waals surface area contributed by atoms with Crippen molar-refractivity contribution in [1.82, 2.24) is 4.72 Å². The summed E-state index contributed by atoms with van der Waals surface area (Å²) in [7, 11) is -1.87. The van der Waals surface area contributed by atoms with E-state index in [1.165, 1.54) is 7.11 Å². The van der Waals surface area contributed by atoms with Crippen LogP contribution in [-0.4, -0.2) is 27.2 Å². The number of hydrogen-bond acceptors (Lipinski definition) is 3.